The van der Waals surface area contributed by atoms with Crippen LogP contribution < -0.4 is 0 Å². The van der Waals surface area contributed by atoms with Gasteiger partial charge in [-0.15, -0.1) is 0 Å². The van der Waals surface area contributed by atoms with E-state index in [2.05, 4.69) is 11.1 Å². The molecule has 1 aromatic heterocycles. The first kappa shape index (κ1) is 20.1. The summed E-state index contributed by atoms with van der Waals surface area (Å²) in [5.74, 6) is -1.30. The van der Waals surface area contributed by atoms with Crippen LogP contribution in [0.1, 0.15) is 31.8 Å². The molecule has 154 valence electrons. The molecule has 0 saturated carbocycles. The van der Waals surface area contributed by atoms with Crippen LogP contribution >= 0.6 is 0 Å². The lowest BCUT2D eigenvalue weighted by molar-refractivity contribution is 0.0686. The van der Waals surface area contributed by atoms with Gasteiger partial charge in [0, 0.05) is 16.7 Å². The third-order valence-corrected chi connectivity index (χ3v) is 5.02. The SMILES string of the molecule is Cc1cc(C)cc(-c2nc(-c3ccc(C(=O)O)cc3)c(-c3ccc(C(=O)O)cc3)[nH]2)c1. The van der Waals surface area contributed by atoms with Crippen molar-refractivity contribution in [1.82, 2.24) is 9.97 Å². The second kappa shape index (κ2) is 7.91. The van der Waals surface area contributed by atoms with Gasteiger partial charge in [0.25, 0.3) is 0 Å². The molecule has 0 amide bonds. The number of hydrogen-bond acceptors (Lipinski definition) is 3. The Labute approximate surface area is 178 Å². The van der Waals surface area contributed by atoms with Gasteiger partial charge < -0.3 is 15.2 Å². The number of aryl methyl sites for hydroxylation is 2. The predicted molar refractivity (Wildman–Crippen MR) is 118 cm³/mol. The number of imidazole rings is 1. The van der Waals surface area contributed by atoms with Gasteiger partial charge in [-0.05, 0) is 50.2 Å². The van der Waals surface area contributed by atoms with Gasteiger partial charge in [-0.3, -0.25) is 0 Å². The summed E-state index contributed by atoms with van der Waals surface area (Å²) in [7, 11) is 0. The van der Waals surface area contributed by atoms with Gasteiger partial charge >= 0.3 is 11.9 Å². The maximum atomic E-state index is 11.2. The van der Waals surface area contributed by atoms with Crippen LogP contribution in [0.5, 0.6) is 0 Å². The zero-order chi connectivity index (χ0) is 22.1. The van der Waals surface area contributed by atoms with Gasteiger partial charge in [0.2, 0.25) is 0 Å². The topological polar surface area (TPSA) is 103 Å². The largest absolute Gasteiger partial charge is 0.478 e. The number of carboxylic acid groups (broad SMARTS) is 2. The first-order chi connectivity index (χ1) is 14.8. The maximum Gasteiger partial charge on any atom is 0.335 e. The van der Waals surface area contributed by atoms with E-state index in [-0.39, 0.29) is 11.1 Å². The molecule has 31 heavy (non-hydrogen) atoms. The zero-order valence-electron chi connectivity index (χ0n) is 17.0. The zero-order valence-corrected chi connectivity index (χ0v) is 17.0. The summed E-state index contributed by atoms with van der Waals surface area (Å²) >= 11 is 0. The molecular weight excluding hydrogens is 392 g/mol. The second-order valence-electron chi connectivity index (χ2n) is 7.45. The highest BCUT2D eigenvalue weighted by molar-refractivity contribution is 5.90. The molecular formula is C25H20N2O4. The molecule has 4 aromatic rings. The third kappa shape index (κ3) is 4.09. The van der Waals surface area contributed by atoms with Gasteiger partial charge in [0.1, 0.15) is 5.82 Å². The fraction of sp³-hybridized carbons (Fsp3) is 0.0800. The van der Waals surface area contributed by atoms with E-state index in [9.17, 15) is 19.8 Å². The molecule has 0 aliphatic rings. The quantitative estimate of drug-likeness (QED) is 0.406. The number of carboxylic acids is 2. The number of nitrogens with one attached hydrogen (secondary N) is 1. The van der Waals surface area contributed by atoms with Crippen molar-refractivity contribution >= 4 is 11.9 Å². The average molecular weight is 412 g/mol. The number of nitrogens with zero attached hydrogens (tertiary/aromatic N) is 1. The van der Waals surface area contributed by atoms with Crippen molar-refractivity contribution < 1.29 is 19.8 Å². The average Bonchev–Trinajstić information content (AvgIpc) is 3.19. The number of aromatic carboxylic acids is 2. The van der Waals surface area contributed by atoms with Crippen molar-refractivity contribution in [2.24, 2.45) is 0 Å². The van der Waals surface area contributed by atoms with Crippen LogP contribution in [0.25, 0.3) is 33.9 Å². The van der Waals surface area contributed by atoms with E-state index in [1.165, 1.54) is 0 Å². The molecule has 0 spiro atoms. The van der Waals surface area contributed by atoms with E-state index in [0.29, 0.717) is 11.5 Å². The summed E-state index contributed by atoms with van der Waals surface area (Å²) < 4.78 is 0. The molecule has 0 radical (unpaired) electrons. The highest BCUT2D eigenvalue weighted by Crippen LogP contribution is 2.34. The van der Waals surface area contributed by atoms with Gasteiger partial charge in [-0.2, -0.15) is 0 Å². The van der Waals surface area contributed by atoms with Crippen molar-refractivity contribution in [3.8, 4) is 33.9 Å². The Morgan fingerprint density at radius 3 is 1.68 bits per heavy atom. The molecule has 3 aromatic carbocycles. The Hall–Kier alpha value is -4.19. The van der Waals surface area contributed by atoms with E-state index in [1.54, 1.807) is 48.5 Å². The van der Waals surface area contributed by atoms with Crippen LogP contribution in [0.2, 0.25) is 0 Å². The van der Waals surface area contributed by atoms with E-state index in [1.807, 2.05) is 26.0 Å². The molecule has 0 unspecified atom stereocenters. The summed E-state index contributed by atoms with van der Waals surface area (Å²) in [6.07, 6.45) is 0. The second-order valence-corrected chi connectivity index (χ2v) is 7.45. The monoisotopic (exact) mass is 412 g/mol. The minimum absolute atomic E-state index is 0.196. The summed E-state index contributed by atoms with van der Waals surface area (Å²) in [6.45, 7) is 4.05. The van der Waals surface area contributed by atoms with E-state index >= 15 is 0 Å². The highest BCUT2D eigenvalue weighted by Gasteiger charge is 2.17. The number of hydrogen-bond donors (Lipinski definition) is 3. The number of H-pyrrole nitrogens is 1. The lowest BCUT2D eigenvalue weighted by Gasteiger charge is -2.04. The van der Waals surface area contributed by atoms with Crippen molar-refractivity contribution in [3.63, 3.8) is 0 Å². The van der Waals surface area contributed by atoms with Crippen molar-refractivity contribution in [2.75, 3.05) is 0 Å². The van der Waals surface area contributed by atoms with Crippen LogP contribution in [-0.4, -0.2) is 32.1 Å². The number of rotatable bonds is 5. The fourth-order valence-electron chi connectivity index (χ4n) is 3.59. The highest BCUT2D eigenvalue weighted by atomic mass is 16.4. The Bertz CT molecular complexity index is 1190. The molecule has 6 nitrogen and oxygen atoms in total. The smallest absolute Gasteiger partial charge is 0.335 e. The molecule has 0 saturated heterocycles. The standard InChI is InChI=1S/C25H20N2O4/c1-14-11-15(2)13-20(12-14)23-26-21(16-3-7-18(8-4-16)24(28)29)22(27-23)17-5-9-19(10-6-17)25(30)31/h3-13H,1-2H3,(H,26,27)(H,28,29)(H,30,31). The summed E-state index contributed by atoms with van der Waals surface area (Å²) in [5.41, 5.74) is 6.50. The summed E-state index contributed by atoms with van der Waals surface area (Å²) in [4.78, 5) is 30.6. The molecule has 6 heteroatoms. The minimum atomic E-state index is -0.992. The van der Waals surface area contributed by atoms with Crippen LogP contribution in [0.4, 0.5) is 0 Å². The number of aromatic amines is 1. The molecule has 0 fully saturated rings. The van der Waals surface area contributed by atoms with Crippen LogP contribution in [0.3, 0.4) is 0 Å². The molecule has 0 aliphatic heterocycles. The van der Waals surface area contributed by atoms with Crippen LogP contribution in [0.15, 0.2) is 66.7 Å². The first-order valence-corrected chi connectivity index (χ1v) is 9.68. The molecule has 0 atom stereocenters. The predicted octanol–water partition coefficient (Wildman–Crippen LogP) is 5.42. The fourth-order valence-corrected chi connectivity index (χ4v) is 3.59. The van der Waals surface area contributed by atoms with Crippen molar-refractivity contribution in [3.05, 3.63) is 89.0 Å². The number of carbonyl (C=O) groups is 2. The van der Waals surface area contributed by atoms with E-state index in [4.69, 9.17) is 4.98 Å². The first-order valence-electron chi connectivity index (χ1n) is 9.68. The van der Waals surface area contributed by atoms with Gasteiger partial charge in [-0.1, -0.05) is 41.5 Å². The van der Waals surface area contributed by atoms with Crippen molar-refractivity contribution in [2.45, 2.75) is 13.8 Å². The lowest BCUT2D eigenvalue weighted by Crippen LogP contribution is -1.96. The summed E-state index contributed by atoms with van der Waals surface area (Å²) in [6, 6.07) is 19.3. The molecule has 3 N–H and O–H groups in total. The van der Waals surface area contributed by atoms with Crippen molar-refractivity contribution in [1.29, 1.82) is 0 Å². The van der Waals surface area contributed by atoms with Gasteiger partial charge in [0.15, 0.2) is 0 Å². The Morgan fingerprint density at radius 1 is 0.710 bits per heavy atom. The van der Waals surface area contributed by atoms with Gasteiger partial charge in [0.05, 0.1) is 22.5 Å². The van der Waals surface area contributed by atoms with E-state index < -0.39 is 11.9 Å². The normalized spacial score (nSPS) is 10.8. The minimum Gasteiger partial charge on any atom is -0.478 e. The molecule has 1 heterocycles. The molecule has 0 aliphatic carbocycles. The lowest BCUT2D eigenvalue weighted by atomic mass is 10.0. The van der Waals surface area contributed by atoms with E-state index in [0.717, 1.165) is 33.5 Å². The Morgan fingerprint density at radius 2 is 1.19 bits per heavy atom. The number of aromatic nitrogens is 2. The Balaban J connectivity index is 1.87. The van der Waals surface area contributed by atoms with Crippen LogP contribution in [0, 0.1) is 13.8 Å². The number of benzene rings is 3. The maximum absolute atomic E-state index is 11.2. The molecule has 4 rings (SSSR count). The summed E-state index contributed by atoms with van der Waals surface area (Å²) in [5, 5.41) is 18.4. The Kier molecular flexibility index (Phi) is 5.13. The van der Waals surface area contributed by atoms with Crippen LogP contribution in [-0.2, 0) is 0 Å². The van der Waals surface area contributed by atoms with Gasteiger partial charge in [-0.25, -0.2) is 14.6 Å². The molecule has 0 bridgehead atoms. The third-order valence-electron chi connectivity index (χ3n) is 5.02.